The van der Waals surface area contributed by atoms with Gasteiger partial charge >= 0.3 is 12.3 Å². The molecule has 2 aromatic heterocycles. The van der Waals surface area contributed by atoms with E-state index in [0.717, 1.165) is 22.9 Å². The number of carbonyl (C=O) groups is 2. The minimum atomic E-state index is -4.77. The van der Waals surface area contributed by atoms with Crippen LogP contribution in [0.3, 0.4) is 0 Å². The second kappa shape index (κ2) is 14.5. The molecule has 2 heterocycles. The number of nitrogens with one attached hydrogen (secondary N) is 2. The SMILES string of the molecule is CC(C)C(NC(=O)Cn1c(-c2ccc(F)cc2)ncc(NC(=O)OCc2ccncc2)c1=O)(O[SiH](C)C)C(C(C)(C)C)C(F)(F)F. The predicted molar refractivity (Wildman–Crippen MR) is 167 cm³/mol. The third-order valence-corrected chi connectivity index (χ3v) is 7.91. The lowest BCUT2D eigenvalue weighted by Gasteiger charge is -2.51. The minimum absolute atomic E-state index is 0.0895. The Bertz CT molecular complexity index is 1550. The molecule has 0 saturated carbocycles. The van der Waals surface area contributed by atoms with Gasteiger partial charge in [-0.1, -0.05) is 34.6 Å². The van der Waals surface area contributed by atoms with Crippen LogP contribution in [0.25, 0.3) is 11.4 Å². The average molecular weight is 666 g/mol. The number of benzene rings is 1. The van der Waals surface area contributed by atoms with E-state index in [2.05, 4.69) is 20.6 Å². The van der Waals surface area contributed by atoms with E-state index in [-0.39, 0.29) is 23.7 Å². The highest BCUT2D eigenvalue weighted by Gasteiger charge is 2.61. The van der Waals surface area contributed by atoms with E-state index in [1.807, 2.05) is 0 Å². The summed E-state index contributed by atoms with van der Waals surface area (Å²) < 4.78 is 70.1. The van der Waals surface area contributed by atoms with Crippen molar-refractivity contribution < 1.29 is 36.3 Å². The zero-order valence-corrected chi connectivity index (χ0v) is 27.9. The van der Waals surface area contributed by atoms with Crippen molar-refractivity contribution in [1.82, 2.24) is 19.9 Å². The largest absolute Gasteiger partial charge is 0.444 e. The number of hydrogen-bond acceptors (Lipinski definition) is 7. The fraction of sp³-hybridized carbons (Fsp3) is 0.452. The molecule has 2 unspecified atom stereocenters. The van der Waals surface area contributed by atoms with Gasteiger partial charge in [0, 0.05) is 23.9 Å². The minimum Gasteiger partial charge on any atom is -0.444 e. The van der Waals surface area contributed by atoms with Crippen LogP contribution >= 0.6 is 0 Å². The van der Waals surface area contributed by atoms with Crippen molar-refractivity contribution in [2.45, 2.75) is 72.8 Å². The van der Waals surface area contributed by atoms with E-state index >= 15 is 0 Å². The van der Waals surface area contributed by atoms with Gasteiger partial charge in [-0.2, -0.15) is 13.2 Å². The summed E-state index contributed by atoms with van der Waals surface area (Å²) in [4.78, 5) is 48.1. The van der Waals surface area contributed by atoms with Crippen LogP contribution in [0.5, 0.6) is 0 Å². The van der Waals surface area contributed by atoms with Crippen molar-refractivity contribution >= 4 is 26.7 Å². The fourth-order valence-electron chi connectivity index (χ4n) is 5.28. The van der Waals surface area contributed by atoms with Crippen molar-refractivity contribution in [2.75, 3.05) is 5.32 Å². The Morgan fingerprint density at radius 3 is 2.15 bits per heavy atom. The number of halogens is 4. The highest BCUT2D eigenvalue weighted by atomic mass is 28.3. The van der Waals surface area contributed by atoms with E-state index < -0.39 is 68.1 Å². The number of rotatable bonds is 11. The van der Waals surface area contributed by atoms with Crippen LogP contribution in [0.15, 0.2) is 59.8 Å². The number of alkyl halides is 3. The van der Waals surface area contributed by atoms with Gasteiger partial charge in [0.25, 0.3) is 5.56 Å². The van der Waals surface area contributed by atoms with Crippen molar-refractivity contribution in [1.29, 1.82) is 0 Å². The second-order valence-corrected chi connectivity index (χ2v) is 14.8. The molecule has 3 aromatic rings. The molecule has 0 spiro atoms. The van der Waals surface area contributed by atoms with Gasteiger partial charge in [0.05, 0.1) is 6.20 Å². The lowest BCUT2D eigenvalue weighted by atomic mass is 9.70. The highest BCUT2D eigenvalue weighted by molar-refractivity contribution is 6.48. The average Bonchev–Trinajstić information content (AvgIpc) is 2.93. The molecular weight excluding hydrogens is 626 g/mol. The molecule has 0 saturated heterocycles. The molecule has 1 aromatic carbocycles. The van der Waals surface area contributed by atoms with Crippen LogP contribution in [-0.2, 0) is 27.1 Å². The smallest absolute Gasteiger partial charge is 0.412 e. The molecule has 10 nitrogen and oxygen atoms in total. The number of pyridine rings is 1. The van der Waals surface area contributed by atoms with Crippen LogP contribution in [-0.4, -0.2) is 47.5 Å². The van der Waals surface area contributed by atoms with E-state index in [0.29, 0.717) is 5.56 Å². The van der Waals surface area contributed by atoms with Crippen LogP contribution in [0.2, 0.25) is 13.1 Å². The van der Waals surface area contributed by atoms with E-state index in [4.69, 9.17) is 9.16 Å². The Hall–Kier alpha value is -4.11. The van der Waals surface area contributed by atoms with Crippen LogP contribution in [0.4, 0.5) is 28.0 Å². The molecule has 3 rings (SSSR count). The molecule has 0 aliphatic rings. The molecular formula is C31H39F4N5O5Si. The van der Waals surface area contributed by atoms with Crippen LogP contribution in [0.1, 0.15) is 40.2 Å². The zero-order valence-electron chi connectivity index (χ0n) is 26.7. The Balaban J connectivity index is 2.05. The van der Waals surface area contributed by atoms with Gasteiger partial charge in [-0.15, -0.1) is 0 Å². The molecule has 0 aliphatic carbocycles. The monoisotopic (exact) mass is 665 g/mol. The molecule has 0 fully saturated rings. The lowest BCUT2D eigenvalue weighted by Crippen LogP contribution is -2.67. The molecule has 0 bridgehead atoms. The van der Waals surface area contributed by atoms with Gasteiger partial charge in [-0.3, -0.25) is 24.5 Å². The number of nitrogens with zero attached hydrogens (tertiary/aromatic N) is 3. The fourth-order valence-corrected chi connectivity index (χ4v) is 6.53. The Labute approximate surface area is 266 Å². The Kier molecular flexibility index (Phi) is 11.5. The summed E-state index contributed by atoms with van der Waals surface area (Å²) in [6.07, 6.45) is -1.68. The molecule has 0 radical (unpaired) electrons. The maximum atomic E-state index is 14.8. The first-order valence-corrected chi connectivity index (χ1v) is 17.4. The number of aromatic nitrogens is 3. The number of ether oxygens (including phenoxy) is 1. The van der Waals surface area contributed by atoms with Crippen LogP contribution < -0.4 is 16.2 Å². The van der Waals surface area contributed by atoms with Gasteiger partial charge in [0.15, 0.2) is 9.04 Å². The topological polar surface area (TPSA) is 124 Å². The first-order chi connectivity index (χ1) is 21.3. The Morgan fingerprint density at radius 1 is 1.02 bits per heavy atom. The summed E-state index contributed by atoms with van der Waals surface area (Å²) in [6.45, 7) is 9.79. The number of anilines is 1. The third kappa shape index (κ3) is 9.00. The van der Waals surface area contributed by atoms with E-state index in [1.54, 1.807) is 25.2 Å². The molecule has 15 heteroatoms. The molecule has 250 valence electrons. The van der Waals surface area contributed by atoms with Crippen molar-refractivity contribution in [2.24, 2.45) is 17.3 Å². The Morgan fingerprint density at radius 2 is 1.63 bits per heavy atom. The summed E-state index contributed by atoms with van der Waals surface area (Å²) in [6, 6.07) is 8.15. The van der Waals surface area contributed by atoms with Gasteiger partial charge in [0.1, 0.15) is 42.1 Å². The third-order valence-electron chi connectivity index (χ3n) is 7.05. The number of hydrogen-bond donors (Lipinski definition) is 2. The standard InChI is InChI=1S/C31H39F4N5O5Si/c1-19(2)30(45-46(6)7,27(29(3,4)5)31(33,34)35)39-24(41)17-40-25(21-8-10-22(32)11-9-21)37-16-23(26(40)42)38-28(43)44-18-20-12-14-36-15-13-20/h8-16,19,27,46H,17-18H2,1-7H3,(H,38,43)(H,39,41). The van der Waals surface area contributed by atoms with Gasteiger partial charge in [-0.25, -0.2) is 14.2 Å². The predicted octanol–water partition coefficient (Wildman–Crippen LogP) is 5.89. The highest BCUT2D eigenvalue weighted by Crippen LogP contribution is 2.49. The molecule has 46 heavy (non-hydrogen) atoms. The lowest BCUT2D eigenvalue weighted by molar-refractivity contribution is -0.265. The number of carbonyl (C=O) groups excluding carboxylic acids is 2. The van der Waals surface area contributed by atoms with E-state index in [1.165, 1.54) is 59.1 Å². The van der Waals surface area contributed by atoms with Gasteiger partial charge in [0.2, 0.25) is 5.91 Å². The maximum absolute atomic E-state index is 14.8. The molecule has 2 N–H and O–H groups in total. The molecule has 0 aliphatic heterocycles. The van der Waals surface area contributed by atoms with Crippen molar-refractivity contribution in [3.05, 3.63) is 76.7 Å². The quantitative estimate of drug-likeness (QED) is 0.149. The van der Waals surface area contributed by atoms with Gasteiger partial charge < -0.3 is 14.5 Å². The summed E-state index contributed by atoms with van der Waals surface area (Å²) in [5.74, 6) is -4.59. The summed E-state index contributed by atoms with van der Waals surface area (Å²) >= 11 is 0. The van der Waals surface area contributed by atoms with Crippen LogP contribution in [0, 0.1) is 23.1 Å². The summed E-state index contributed by atoms with van der Waals surface area (Å²) in [7, 11) is -2.22. The van der Waals surface area contributed by atoms with Gasteiger partial charge in [-0.05, 0) is 60.5 Å². The van der Waals surface area contributed by atoms with E-state index in [9.17, 15) is 31.9 Å². The molecule has 2 atom stereocenters. The first kappa shape index (κ1) is 36.4. The van der Waals surface area contributed by atoms with Crippen molar-refractivity contribution in [3.8, 4) is 11.4 Å². The molecule has 2 amide bonds. The normalized spacial score (nSPS) is 14.1. The first-order valence-electron chi connectivity index (χ1n) is 14.6. The van der Waals surface area contributed by atoms with Crippen molar-refractivity contribution in [3.63, 3.8) is 0 Å². The summed E-state index contributed by atoms with van der Waals surface area (Å²) in [5.41, 5.74) is -3.95. The summed E-state index contributed by atoms with van der Waals surface area (Å²) in [5, 5.41) is 4.83. The number of amides is 2. The maximum Gasteiger partial charge on any atom is 0.412 e. The second-order valence-electron chi connectivity index (χ2n) is 12.5. The zero-order chi connectivity index (χ0) is 34.4.